The predicted octanol–water partition coefficient (Wildman–Crippen LogP) is 3.16. The zero-order valence-corrected chi connectivity index (χ0v) is 8.71. The maximum Gasteiger partial charge on any atom is 0.137 e. The molecule has 0 N–H and O–H groups in total. The monoisotopic (exact) mass is 199 g/mol. The summed E-state index contributed by atoms with van der Waals surface area (Å²) >= 11 is 5.63. The number of rotatable bonds is 4. The molecule has 0 spiro atoms. The zero-order chi connectivity index (χ0) is 9.68. The molecule has 0 radical (unpaired) electrons. The minimum absolute atomic E-state index is 0.496. The van der Waals surface area contributed by atoms with Crippen molar-refractivity contribution in [3.63, 3.8) is 0 Å². The molecule has 2 nitrogen and oxygen atoms in total. The van der Waals surface area contributed by atoms with Gasteiger partial charge in [0.15, 0.2) is 0 Å². The Morgan fingerprint density at radius 3 is 2.85 bits per heavy atom. The lowest BCUT2D eigenvalue weighted by Gasteiger charge is -2.10. The van der Waals surface area contributed by atoms with Gasteiger partial charge in [-0.25, -0.2) is 4.98 Å². The van der Waals surface area contributed by atoms with E-state index in [1.165, 1.54) is 0 Å². The first kappa shape index (κ1) is 10.3. The van der Waals surface area contributed by atoms with Gasteiger partial charge in [0.25, 0.3) is 0 Å². The van der Waals surface area contributed by atoms with Crippen LogP contribution in [0.4, 0.5) is 0 Å². The second-order valence-electron chi connectivity index (χ2n) is 3.14. The van der Waals surface area contributed by atoms with Crippen LogP contribution in [-0.4, -0.2) is 11.6 Å². The number of halogens is 1. The van der Waals surface area contributed by atoms with Crippen LogP contribution < -0.4 is 4.74 Å². The van der Waals surface area contributed by atoms with Crippen molar-refractivity contribution >= 4 is 11.6 Å². The van der Waals surface area contributed by atoms with Gasteiger partial charge in [0.2, 0.25) is 0 Å². The van der Waals surface area contributed by atoms with E-state index in [2.05, 4.69) is 18.8 Å². The van der Waals surface area contributed by atoms with Crippen molar-refractivity contribution in [1.82, 2.24) is 4.98 Å². The summed E-state index contributed by atoms with van der Waals surface area (Å²) in [6.45, 7) is 5.04. The summed E-state index contributed by atoms with van der Waals surface area (Å²) in [6, 6.07) is 3.56. The molecule has 0 aromatic carbocycles. The van der Waals surface area contributed by atoms with E-state index in [-0.39, 0.29) is 0 Å². The van der Waals surface area contributed by atoms with Crippen LogP contribution in [0.3, 0.4) is 0 Å². The lowest BCUT2D eigenvalue weighted by molar-refractivity contribution is 0.256. The Balaban J connectivity index is 2.41. The van der Waals surface area contributed by atoms with Crippen LogP contribution in [0, 0.1) is 5.92 Å². The van der Waals surface area contributed by atoms with E-state index in [4.69, 9.17) is 16.3 Å². The van der Waals surface area contributed by atoms with E-state index in [9.17, 15) is 0 Å². The fourth-order valence-corrected chi connectivity index (χ4v) is 0.916. The molecule has 72 valence electrons. The van der Waals surface area contributed by atoms with Gasteiger partial charge in [-0.2, -0.15) is 0 Å². The van der Waals surface area contributed by atoms with Gasteiger partial charge in [-0.1, -0.05) is 31.9 Å². The number of pyridine rings is 1. The fourth-order valence-electron chi connectivity index (χ4n) is 0.804. The first-order valence-corrected chi connectivity index (χ1v) is 4.84. The van der Waals surface area contributed by atoms with Gasteiger partial charge in [-0.05, 0) is 18.1 Å². The highest BCUT2D eigenvalue weighted by Crippen LogP contribution is 2.13. The van der Waals surface area contributed by atoms with Gasteiger partial charge in [0.05, 0.1) is 12.8 Å². The minimum Gasteiger partial charge on any atom is -0.492 e. The van der Waals surface area contributed by atoms with Crippen molar-refractivity contribution < 1.29 is 4.74 Å². The summed E-state index contributed by atoms with van der Waals surface area (Å²) in [6.07, 6.45) is 2.77. The minimum atomic E-state index is 0.496. The third-order valence-corrected chi connectivity index (χ3v) is 2.16. The molecule has 0 saturated carbocycles. The molecular weight excluding hydrogens is 186 g/mol. The van der Waals surface area contributed by atoms with Gasteiger partial charge < -0.3 is 4.74 Å². The number of ether oxygens (including phenoxy) is 1. The molecule has 1 aromatic rings. The Morgan fingerprint density at radius 2 is 2.31 bits per heavy atom. The summed E-state index contributed by atoms with van der Waals surface area (Å²) in [5.74, 6) is 1.36. The smallest absolute Gasteiger partial charge is 0.137 e. The van der Waals surface area contributed by atoms with Crippen molar-refractivity contribution in [2.75, 3.05) is 6.61 Å². The molecule has 0 saturated heterocycles. The Kier molecular flexibility index (Phi) is 4.03. The van der Waals surface area contributed by atoms with Crippen LogP contribution in [0.2, 0.25) is 5.15 Å². The van der Waals surface area contributed by atoms with Crippen molar-refractivity contribution in [2.45, 2.75) is 20.3 Å². The van der Waals surface area contributed by atoms with E-state index < -0.39 is 0 Å². The number of hydrogen-bond acceptors (Lipinski definition) is 2. The predicted molar refractivity (Wildman–Crippen MR) is 54.2 cm³/mol. The van der Waals surface area contributed by atoms with Crippen molar-refractivity contribution in [1.29, 1.82) is 0 Å². The van der Waals surface area contributed by atoms with Gasteiger partial charge in [0, 0.05) is 0 Å². The maximum absolute atomic E-state index is 5.63. The first-order valence-electron chi connectivity index (χ1n) is 4.46. The van der Waals surface area contributed by atoms with E-state index in [1.54, 1.807) is 12.3 Å². The average Bonchev–Trinajstić information content (AvgIpc) is 2.16. The highest BCUT2D eigenvalue weighted by atomic mass is 35.5. The number of hydrogen-bond donors (Lipinski definition) is 0. The van der Waals surface area contributed by atoms with E-state index >= 15 is 0 Å². The quantitative estimate of drug-likeness (QED) is 0.695. The highest BCUT2D eigenvalue weighted by molar-refractivity contribution is 6.29. The molecule has 0 amide bonds. The molecule has 0 aliphatic rings. The molecular formula is C10H14ClNO. The summed E-state index contributed by atoms with van der Waals surface area (Å²) in [5, 5.41) is 0.496. The molecule has 0 fully saturated rings. The van der Waals surface area contributed by atoms with Crippen LogP contribution in [0.25, 0.3) is 0 Å². The largest absolute Gasteiger partial charge is 0.492 e. The standard InChI is InChI=1S/C10H14ClNO/c1-3-8(2)7-13-9-4-5-10(11)12-6-9/h4-6,8H,3,7H2,1-2H3. The van der Waals surface area contributed by atoms with E-state index in [0.717, 1.165) is 18.8 Å². The Hall–Kier alpha value is -0.760. The third kappa shape index (κ3) is 3.64. The SMILES string of the molecule is CCC(C)COc1ccc(Cl)nc1. The van der Waals surface area contributed by atoms with Crippen LogP contribution >= 0.6 is 11.6 Å². The zero-order valence-electron chi connectivity index (χ0n) is 7.96. The fraction of sp³-hybridized carbons (Fsp3) is 0.500. The van der Waals surface area contributed by atoms with Crippen LogP contribution in [0.1, 0.15) is 20.3 Å². The number of nitrogens with zero attached hydrogens (tertiary/aromatic N) is 1. The second-order valence-corrected chi connectivity index (χ2v) is 3.53. The maximum atomic E-state index is 5.63. The average molecular weight is 200 g/mol. The third-order valence-electron chi connectivity index (χ3n) is 1.93. The Bertz CT molecular complexity index is 248. The Labute approximate surface area is 83.9 Å². The summed E-state index contributed by atoms with van der Waals surface area (Å²) in [7, 11) is 0. The molecule has 13 heavy (non-hydrogen) atoms. The summed E-state index contributed by atoms with van der Waals surface area (Å²) in [5.41, 5.74) is 0. The van der Waals surface area contributed by atoms with E-state index in [0.29, 0.717) is 11.1 Å². The molecule has 0 bridgehead atoms. The Morgan fingerprint density at radius 1 is 1.54 bits per heavy atom. The molecule has 1 atom stereocenters. The van der Waals surface area contributed by atoms with Crippen LogP contribution in [0.15, 0.2) is 18.3 Å². The lowest BCUT2D eigenvalue weighted by atomic mass is 10.1. The lowest BCUT2D eigenvalue weighted by Crippen LogP contribution is -2.07. The van der Waals surface area contributed by atoms with Crippen molar-refractivity contribution in [3.05, 3.63) is 23.5 Å². The van der Waals surface area contributed by atoms with Gasteiger partial charge in [0.1, 0.15) is 10.9 Å². The molecule has 0 aliphatic heterocycles. The van der Waals surface area contributed by atoms with Crippen LogP contribution in [-0.2, 0) is 0 Å². The van der Waals surface area contributed by atoms with Gasteiger partial charge >= 0.3 is 0 Å². The molecule has 0 aliphatic carbocycles. The summed E-state index contributed by atoms with van der Waals surface area (Å²) in [4.78, 5) is 3.92. The molecule has 1 aromatic heterocycles. The normalized spacial score (nSPS) is 12.5. The summed E-state index contributed by atoms with van der Waals surface area (Å²) < 4.78 is 5.49. The molecule has 1 heterocycles. The molecule has 3 heteroatoms. The topological polar surface area (TPSA) is 22.1 Å². The van der Waals surface area contributed by atoms with Crippen molar-refractivity contribution in [2.24, 2.45) is 5.92 Å². The molecule has 1 unspecified atom stereocenters. The van der Waals surface area contributed by atoms with Gasteiger partial charge in [-0.3, -0.25) is 0 Å². The van der Waals surface area contributed by atoms with Crippen LogP contribution in [0.5, 0.6) is 5.75 Å². The van der Waals surface area contributed by atoms with Crippen molar-refractivity contribution in [3.8, 4) is 5.75 Å². The van der Waals surface area contributed by atoms with E-state index in [1.807, 2.05) is 6.07 Å². The highest BCUT2D eigenvalue weighted by Gasteiger charge is 2.00. The second kappa shape index (κ2) is 5.07. The van der Waals surface area contributed by atoms with Gasteiger partial charge in [-0.15, -0.1) is 0 Å². The first-order chi connectivity index (χ1) is 6.22. The number of aromatic nitrogens is 1. The molecule has 1 rings (SSSR count).